The van der Waals surface area contributed by atoms with Crippen LogP contribution in [-0.4, -0.2) is 21.9 Å². The van der Waals surface area contributed by atoms with Gasteiger partial charge in [-0.25, -0.2) is 9.67 Å². The highest BCUT2D eigenvalue weighted by molar-refractivity contribution is 6.30. The van der Waals surface area contributed by atoms with E-state index in [1.54, 1.807) is 37.6 Å². The van der Waals surface area contributed by atoms with Crippen molar-refractivity contribution in [1.82, 2.24) is 14.8 Å². The van der Waals surface area contributed by atoms with Crippen LogP contribution in [0.2, 0.25) is 5.02 Å². The van der Waals surface area contributed by atoms with Crippen LogP contribution in [0, 0.1) is 0 Å². The number of halogens is 1. The molecule has 5 nitrogen and oxygen atoms in total. The molecule has 0 radical (unpaired) electrons. The van der Waals surface area contributed by atoms with E-state index in [1.165, 1.54) is 10.7 Å². The minimum absolute atomic E-state index is 0.162. The molecule has 2 heterocycles. The summed E-state index contributed by atoms with van der Waals surface area (Å²) in [5.41, 5.74) is 2.28. The van der Waals surface area contributed by atoms with E-state index in [2.05, 4.69) is 10.1 Å². The highest BCUT2D eigenvalue weighted by atomic mass is 35.5. The Balaban J connectivity index is 1.91. The van der Waals surface area contributed by atoms with Crippen LogP contribution in [0.15, 0.2) is 59.5 Å². The summed E-state index contributed by atoms with van der Waals surface area (Å²) >= 11 is 5.87. The Labute approximate surface area is 138 Å². The van der Waals surface area contributed by atoms with Crippen molar-refractivity contribution in [2.75, 3.05) is 7.11 Å². The second-order valence-electron chi connectivity index (χ2n) is 4.93. The van der Waals surface area contributed by atoms with Crippen LogP contribution >= 0.6 is 11.6 Å². The van der Waals surface area contributed by atoms with Gasteiger partial charge in [-0.15, -0.1) is 0 Å². The second-order valence-corrected chi connectivity index (χ2v) is 5.37. The first-order valence-corrected chi connectivity index (χ1v) is 7.36. The van der Waals surface area contributed by atoms with Crippen molar-refractivity contribution in [1.29, 1.82) is 0 Å². The number of rotatable bonds is 4. The molecule has 6 heteroatoms. The quantitative estimate of drug-likeness (QED) is 0.739. The molecule has 23 heavy (non-hydrogen) atoms. The summed E-state index contributed by atoms with van der Waals surface area (Å²) in [7, 11) is 1.56. The molecule has 3 rings (SSSR count). The van der Waals surface area contributed by atoms with Gasteiger partial charge in [-0.1, -0.05) is 23.7 Å². The third kappa shape index (κ3) is 3.57. The van der Waals surface area contributed by atoms with Gasteiger partial charge in [0.15, 0.2) is 0 Å². The molecule has 0 spiro atoms. The average Bonchev–Trinajstić information content (AvgIpc) is 2.59. The van der Waals surface area contributed by atoms with Gasteiger partial charge in [-0.05, 0) is 29.8 Å². The van der Waals surface area contributed by atoms with Crippen LogP contribution in [-0.2, 0) is 6.54 Å². The van der Waals surface area contributed by atoms with Gasteiger partial charge in [0, 0.05) is 28.9 Å². The fourth-order valence-electron chi connectivity index (χ4n) is 2.13. The molecule has 0 aliphatic rings. The van der Waals surface area contributed by atoms with Gasteiger partial charge in [0.05, 0.1) is 19.3 Å². The summed E-state index contributed by atoms with van der Waals surface area (Å²) in [4.78, 5) is 16.2. The van der Waals surface area contributed by atoms with Crippen molar-refractivity contribution in [2.45, 2.75) is 6.54 Å². The molecule has 0 saturated heterocycles. The number of benzene rings is 1. The smallest absolute Gasteiger partial charge is 0.267 e. The van der Waals surface area contributed by atoms with Crippen LogP contribution in [0.1, 0.15) is 5.56 Å². The third-order valence-corrected chi connectivity index (χ3v) is 3.61. The molecule has 0 atom stereocenters. The number of aromatic nitrogens is 3. The molecule has 0 aliphatic carbocycles. The zero-order valence-corrected chi connectivity index (χ0v) is 13.2. The van der Waals surface area contributed by atoms with Crippen LogP contribution in [0.3, 0.4) is 0 Å². The second kappa shape index (κ2) is 6.62. The Bertz CT molecular complexity index is 858. The molecule has 0 fully saturated rings. The van der Waals surface area contributed by atoms with E-state index in [0.29, 0.717) is 23.1 Å². The zero-order valence-electron chi connectivity index (χ0n) is 12.4. The topological polar surface area (TPSA) is 57.0 Å². The normalized spacial score (nSPS) is 10.5. The van der Waals surface area contributed by atoms with Gasteiger partial charge >= 0.3 is 0 Å². The fourth-order valence-corrected chi connectivity index (χ4v) is 2.26. The standard InChI is InChI=1S/C17H14ClN3O2/c1-23-16-8-4-13(10-19-16)15-7-9-17(22)21(20-15)11-12-2-5-14(18)6-3-12/h2-10H,11H2,1H3. The predicted molar refractivity (Wildman–Crippen MR) is 88.8 cm³/mol. The molecule has 2 aromatic heterocycles. The largest absolute Gasteiger partial charge is 0.481 e. The Morgan fingerprint density at radius 2 is 1.87 bits per heavy atom. The number of methoxy groups -OCH3 is 1. The van der Waals surface area contributed by atoms with Crippen LogP contribution in [0.4, 0.5) is 0 Å². The van der Waals surface area contributed by atoms with Crippen LogP contribution in [0.5, 0.6) is 5.88 Å². The maximum atomic E-state index is 12.0. The van der Waals surface area contributed by atoms with Crippen molar-refractivity contribution < 1.29 is 4.74 Å². The molecule has 0 saturated carbocycles. The van der Waals surface area contributed by atoms with E-state index in [0.717, 1.165) is 11.1 Å². The lowest BCUT2D eigenvalue weighted by atomic mass is 10.2. The van der Waals surface area contributed by atoms with Gasteiger partial charge in [0.2, 0.25) is 5.88 Å². The lowest BCUT2D eigenvalue weighted by molar-refractivity contribution is 0.398. The minimum atomic E-state index is -0.162. The molecular formula is C17H14ClN3O2. The Morgan fingerprint density at radius 1 is 1.09 bits per heavy atom. The van der Waals surface area contributed by atoms with Crippen molar-refractivity contribution >= 4 is 11.6 Å². The van der Waals surface area contributed by atoms with Gasteiger partial charge in [0.25, 0.3) is 5.56 Å². The summed E-state index contributed by atoms with van der Waals surface area (Å²) in [5, 5.41) is 5.07. The van der Waals surface area contributed by atoms with E-state index in [1.807, 2.05) is 18.2 Å². The summed E-state index contributed by atoms with van der Waals surface area (Å²) in [6.07, 6.45) is 1.66. The lowest BCUT2D eigenvalue weighted by Crippen LogP contribution is -2.22. The number of ether oxygens (including phenoxy) is 1. The average molecular weight is 328 g/mol. The number of nitrogens with zero attached hydrogens (tertiary/aromatic N) is 3. The molecule has 3 aromatic rings. The molecule has 0 N–H and O–H groups in total. The molecule has 0 unspecified atom stereocenters. The number of hydrogen-bond acceptors (Lipinski definition) is 4. The number of pyridine rings is 1. The van der Waals surface area contributed by atoms with Gasteiger partial charge < -0.3 is 4.74 Å². The predicted octanol–water partition coefficient (Wildman–Crippen LogP) is 3.02. The van der Waals surface area contributed by atoms with E-state index in [-0.39, 0.29) is 5.56 Å². The molecule has 116 valence electrons. The van der Waals surface area contributed by atoms with E-state index in [4.69, 9.17) is 16.3 Å². The zero-order chi connectivity index (χ0) is 16.2. The highest BCUT2D eigenvalue weighted by Gasteiger charge is 2.05. The van der Waals surface area contributed by atoms with Crippen molar-refractivity contribution in [3.05, 3.63) is 75.7 Å². The lowest BCUT2D eigenvalue weighted by Gasteiger charge is -2.08. The van der Waals surface area contributed by atoms with Crippen LogP contribution in [0.25, 0.3) is 11.3 Å². The minimum Gasteiger partial charge on any atom is -0.481 e. The molecule has 1 aromatic carbocycles. The van der Waals surface area contributed by atoms with E-state index < -0.39 is 0 Å². The van der Waals surface area contributed by atoms with Gasteiger partial charge in [0.1, 0.15) is 0 Å². The molecule has 0 amide bonds. The van der Waals surface area contributed by atoms with Crippen molar-refractivity contribution in [2.24, 2.45) is 0 Å². The first-order valence-electron chi connectivity index (χ1n) is 6.99. The van der Waals surface area contributed by atoms with Gasteiger partial charge in [-0.2, -0.15) is 5.10 Å². The van der Waals surface area contributed by atoms with Crippen molar-refractivity contribution in [3.63, 3.8) is 0 Å². The maximum Gasteiger partial charge on any atom is 0.267 e. The third-order valence-electron chi connectivity index (χ3n) is 3.35. The SMILES string of the molecule is COc1ccc(-c2ccc(=O)n(Cc3ccc(Cl)cc3)n2)cn1. The summed E-state index contributed by atoms with van der Waals surface area (Å²) in [6, 6.07) is 14.1. The monoisotopic (exact) mass is 327 g/mol. The fraction of sp³-hybridized carbons (Fsp3) is 0.118. The molecular weight excluding hydrogens is 314 g/mol. The van der Waals surface area contributed by atoms with Crippen molar-refractivity contribution in [3.8, 4) is 17.1 Å². The van der Waals surface area contributed by atoms with E-state index >= 15 is 0 Å². The first kappa shape index (κ1) is 15.2. The number of hydrogen-bond donors (Lipinski definition) is 0. The van der Waals surface area contributed by atoms with Crippen LogP contribution < -0.4 is 10.3 Å². The molecule has 0 aliphatic heterocycles. The molecule has 0 bridgehead atoms. The Hall–Kier alpha value is -2.66. The van der Waals surface area contributed by atoms with E-state index in [9.17, 15) is 4.79 Å². The Morgan fingerprint density at radius 3 is 2.52 bits per heavy atom. The Kier molecular flexibility index (Phi) is 4.39. The summed E-state index contributed by atoms with van der Waals surface area (Å²) < 4.78 is 6.46. The highest BCUT2D eigenvalue weighted by Crippen LogP contribution is 2.17. The maximum absolute atomic E-state index is 12.0. The van der Waals surface area contributed by atoms with Gasteiger partial charge in [-0.3, -0.25) is 4.79 Å². The summed E-state index contributed by atoms with van der Waals surface area (Å²) in [5.74, 6) is 0.531. The first-order chi connectivity index (χ1) is 11.2. The summed E-state index contributed by atoms with van der Waals surface area (Å²) in [6.45, 7) is 0.382.